The summed E-state index contributed by atoms with van der Waals surface area (Å²) in [6.07, 6.45) is 0.383. The van der Waals surface area contributed by atoms with Crippen LogP contribution < -0.4 is 10.6 Å². The molecule has 6 heteroatoms. The molecule has 22 heavy (non-hydrogen) atoms. The van der Waals surface area contributed by atoms with Crippen LogP contribution in [-0.2, 0) is 4.79 Å². The smallest absolute Gasteiger partial charge is 0.319 e. The number of carbonyl (C=O) groups is 2. The van der Waals surface area contributed by atoms with Gasteiger partial charge >= 0.3 is 12.0 Å². The molecule has 2 rings (SSSR count). The second-order valence-corrected chi connectivity index (χ2v) is 6.11. The minimum absolute atomic E-state index is 0.0157. The summed E-state index contributed by atoms with van der Waals surface area (Å²) in [5.41, 5.74) is 2.19. The monoisotopic (exact) mass is 303 g/mol. The minimum Gasteiger partial charge on any atom is -0.481 e. The molecule has 1 heterocycles. The molecule has 0 unspecified atom stereocenters. The van der Waals surface area contributed by atoms with E-state index in [4.69, 9.17) is 5.11 Å². The third kappa shape index (κ3) is 4.25. The Kier molecular flexibility index (Phi) is 4.40. The Bertz CT molecular complexity index is 704. The molecule has 0 atom stereocenters. The number of carboxylic acids is 1. The molecule has 2 aromatic rings. The van der Waals surface area contributed by atoms with Crippen molar-refractivity contribution in [2.75, 3.05) is 5.32 Å². The third-order valence-corrected chi connectivity index (χ3v) is 3.43. The summed E-state index contributed by atoms with van der Waals surface area (Å²) in [6, 6.07) is 7.29. The van der Waals surface area contributed by atoms with Crippen molar-refractivity contribution in [3.05, 3.63) is 30.0 Å². The molecule has 0 aliphatic heterocycles. The van der Waals surface area contributed by atoms with Crippen LogP contribution >= 0.6 is 0 Å². The number of anilines is 1. The fraction of sp³-hybridized carbons (Fsp3) is 0.375. The number of nitrogens with one attached hydrogen (secondary N) is 3. The largest absolute Gasteiger partial charge is 0.481 e. The molecular formula is C16H21N3O3. The second kappa shape index (κ2) is 6.09. The number of amides is 2. The molecule has 2 amide bonds. The van der Waals surface area contributed by atoms with E-state index in [9.17, 15) is 9.59 Å². The van der Waals surface area contributed by atoms with Crippen LogP contribution in [0.25, 0.3) is 10.9 Å². The van der Waals surface area contributed by atoms with E-state index in [-0.39, 0.29) is 12.5 Å². The third-order valence-electron chi connectivity index (χ3n) is 3.43. The van der Waals surface area contributed by atoms with Gasteiger partial charge in [-0.05, 0) is 51.5 Å². The van der Waals surface area contributed by atoms with Crippen LogP contribution in [-0.4, -0.2) is 27.6 Å². The van der Waals surface area contributed by atoms with E-state index >= 15 is 0 Å². The standard InChI is InChI=1S/C16H21N3O3/c1-10-8-11-9-12(4-5-13(11)17-10)18-15(22)19-16(2,3)7-6-14(20)21/h4-5,8-9,17H,6-7H2,1-3H3,(H,20,21)(H2,18,19,22). The number of rotatable bonds is 5. The van der Waals surface area contributed by atoms with Gasteiger partial charge in [-0.2, -0.15) is 0 Å². The molecule has 0 radical (unpaired) electrons. The van der Waals surface area contributed by atoms with E-state index in [0.29, 0.717) is 12.1 Å². The number of H-pyrrole nitrogens is 1. The Labute approximate surface area is 128 Å². The van der Waals surface area contributed by atoms with Gasteiger partial charge in [-0.3, -0.25) is 4.79 Å². The molecule has 0 aliphatic carbocycles. The summed E-state index contributed by atoms with van der Waals surface area (Å²) < 4.78 is 0. The van der Waals surface area contributed by atoms with Gasteiger partial charge in [-0.25, -0.2) is 4.79 Å². The Morgan fingerprint density at radius 3 is 2.68 bits per heavy atom. The van der Waals surface area contributed by atoms with Gasteiger partial charge in [0, 0.05) is 34.2 Å². The van der Waals surface area contributed by atoms with Gasteiger partial charge in [0.1, 0.15) is 0 Å². The van der Waals surface area contributed by atoms with Crippen molar-refractivity contribution in [2.24, 2.45) is 0 Å². The maximum atomic E-state index is 12.0. The molecule has 1 aromatic heterocycles. The molecule has 0 saturated heterocycles. The van der Waals surface area contributed by atoms with Gasteiger partial charge in [0.2, 0.25) is 0 Å². The number of carbonyl (C=O) groups excluding carboxylic acids is 1. The number of aryl methyl sites for hydroxylation is 1. The zero-order chi connectivity index (χ0) is 16.3. The van der Waals surface area contributed by atoms with E-state index < -0.39 is 11.5 Å². The highest BCUT2D eigenvalue weighted by molar-refractivity contribution is 5.93. The highest BCUT2D eigenvalue weighted by Crippen LogP contribution is 2.20. The number of fused-ring (bicyclic) bond motifs is 1. The number of aromatic amines is 1. The van der Waals surface area contributed by atoms with Crippen LogP contribution in [0, 0.1) is 6.92 Å². The Morgan fingerprint density at radius 1 is 1.27 bits per heavy atom. The quantitative estimate of drug-likeness (QED) is 0.683. The summed E-state index contributed by atoms with van der Waals surface area (Å²) in [7, 11) is 0. The second-order valence-electron chi connectivity index (χ2n) is 6.11. The minimum atomic E-state index is -0.872. The van der Waals surface area contributed by atoms with Crippen molar-refractivity contribution in [3.63, 3.8) is 0 Å². The first-order valence-electron chi connectivity index (χ1n) is 7.15. The number of aromatic nitrogens is 1. The molecule has 1 aromatic carbocycles. The van der Waals surface area contributed by atoms with Crippen LogP contribution in [0.1, 0.15) is 32.4 Å². The maximum Gasteiger partial charge on any atom is 0.319 e. The van der Waals surface area contributed by atoms with Gasteiger partial charge in [-0.15, -0.1) is 0 Å². The molecule has 0 bridgehead atoms. The molecule has 0 spiro atoms. The van der Waals surface area contributed by atoms with Crippen molar-refractivity contribution in [3.8, 4) is 0 Å². The fourth-order valence-electron chi connectivity index (χ4n) is 2.31. The summed E-state index contributed by atoms with van der Waals surface area (Å²) in [6.45, 7) is 5.58. The van der Waals surface area contributed by atoms with Gasteiger partial charge in [0.05, 0.1) is 0 Å². The van der Waals surface area contributed by atoms with Gasteiger partial charge < -0.3 is 20.7 Å². The summed E-state index contributed by atoms with van der Waals surface area (Å²) >= 11 is 0. The maximum absolute atomic E-state index is 12.0. The van der Waals surface area contributed by atoms with Gasteiger partial charge in [0.15, 0.2) is 0 Å². The molecule has 118 valence electrons. The molecule has 0 aliphatic rings. The lowest BCUT2D eigenvalue weighted by atomic mass is 9.99. The predicted molar refractivity (Wildman–Crippen MR) is 86.1 cm³/mol. The normalized spacial score (nSPS) is 11.4. The van der Waals surface area contributed by atoms with Crippen LogP contribution in [0.2, 0.25) is 0 Å². The Hall–Kier alpha value is -2.50. The first kappa shape index (κ1) is 15.9. The molecule has 4 N–H and O–H groups in total. The molecule has 0 saturated carbocycles. The van der Waals surface area contributed by atoms with Crippen molar-refractivity contribution in [1.29, 1.82) is 0 Å². The first-order chi connectivity index (χ1) is 10.2. The van der Waals surface area contributed by atoms with E-state index in [1.165, 1.54) is 0 Å². The van der Waals surface area contributed by atoms with Gasteiger partial charge in [-0.1, -0.05) is 0 Å². The van der Waals surface area contributed by atoms with Crippen LogP contribution in [0.15, 0.2) is 24.3 Å². The number of benzene rings is 1. The van der Waals surface area contributed by atoms with E-state index in [1.54, 1.807) is 13.8 Å². The van der Waals surface area contributed by atoms with Crippen LogP contribution in [0.3, 0.4) is 0 Å². The van der Waals surface area contributed by atoms with Gasteiger partial charge in [0.25, 0.3) is 0 Å². The SMILES string of the molecule is Cc1cc2cc(NC(=O)NC(C)(C)CCC(=O)O)ccc2[nH]1. The average molecular weight is 303 g/mol. The highest BCUT2D eigenvalue weighted by Gasteiger charge is 2.21. The number of carboxylic acid groups (broad SMARTS) is 1. The zero-order valence-electron chi connectivity index (χ0n) is 13.0. The van der Waals surface area contributed by atoms with E-state index in [1.807, 2.05) is 31.2 Å². The zero-order valence-corrected chi connectivity index (χ0v) is 13.0. The number of urea groups is 1. The highest BCUT2D eigenvalue weighted by atomic mass is 16.4. The lowest BCUT2D eigenvalue weighted by molar-refractivity contribution is -0.137. The van der Waals surface area contributed by atoms with Crippen molar-refractivity contribution in [2.45, 2.75) is 39.2 Å². The van der Waals surface area contributed by atoms with E-state index in [0.717, 1.165) is 16.6 Å². The number of aliphatic carboxylic acids is 1. The van der Waals surface area contributed by atoms with Crippen LogP contribution in [0.5, 0.6) is 0 Å². The van der Waals surface area contributed by atoms with Crippen LogP contribution in [0.4, 0.5) is 10.5 Å². The molecule has 6 nitrogen and oxygen atoms in total. The fourth-order valence-corrected chi connectivity index (χ4v) is 2.31. The van der Waals surface area contributed by atoms with Crippen molar-refractivity contribution < 1.29 is 14.7 Å². The lowest BCUT2D eigenvalue weighted by Crippen LogP contribution is -2.45. The van der Waals surface area contributed by atoms with Crippen molar-refractivity contribution in [1.82, 2.24) is 10.3 Å². The van der Waals surface area contributed by atoms with E-state index in [2.05, 4.69) is 15.6 Å². The number of hydrogen-bond donors (Lipinski definition) is 4. The summed E-state index contributed by atoms with van der Waals surface area (Å²) in [5, 5.41) is 15.3. The summed E-state index contributed by atoms with van der Waals surface area (Å²) in [4.78, 5) is 25.9. The topological polar surface area (TPSA) is 94.2 Å². The molecule has 0 fully saturated rings. The van der Waals surface area contributed by atoms with Crippen molar-refractivity contribution >= 4 is 28.6 Å². The lowest BCUT2D eigenvalue weighted by Gasteiger charge is -2.25. The average Bonchev–Trinajstić information content (AvgIpc) is 2.75. The Morgan fingerprint density at radius 2 is 2.00 bits per heavy atom. The number of hydrogen-bond acceptors (Lipinski definition) is 2. The Balaban J connectivity index is 1.99. The first-order valence-corrected chi connectivity index (χ1v) is 7.15. The molecular weight excluding hydrogens is 282 g/mol. The predicted octanol–water partition coefficient (Wildman–Crippen LogP) is 3.24. The summed E-state index contributed by atoms with van der Waals surface area (Å²) in [5.74, 6) is -0.872.